The zero-order chi connectivity index (χ0) is 12.4. The molecule has 1 aromatic carbocycles. The van der Waals surface area contributed by atoms with Gasteiger partial charge in [0, 0.05) is 0 Å². The van der Waals surface area contributed by atoms with Gasteiger partial charge in [-0.05, 0) is 19.1 Å². The van der Waals surface area contributed by atoms with Gasteiger partial charge >= 0.3 is 0 Å². The Balaban J connectivity index is 2.23. The number of anilines is 1. The molecule has 7 heteroatoms. The van der Waals surface area contributed by atoms with Crippen molar-refractivity contribution in [1.82, 2.24) is 10.2 Å². The van der Waals surface area contributed by atoms with Crippen molar-refractivity contribution in [3.05, 3.63) is 40.4 Å². The van der Waals surface area contributed by atoms with Crippen LogP contribution in [0, 0.1) is 18.6 Å². The quantitative estimate of drug-likeness (QED) is 0.896. The van der Waals surface area contributed by atoms with Gasteiger partial charge in [0.2, 0.25) is 5.13 Å². The lowest BCUT2D eigenvalue weighted by molar-refractivity contribution is 0.102. The van der Waals surface area contributed by atoms with Gasteiger partial charge in [0.1, 0.15) is 5.01 Å². The first-order chi connectivity index (χ1) is 8.08. The number of carbonyl (C=O) groups excluding carboxylic acids is 1. The van der Waals surface area contributed by atoms with Crippen molar-refractivity contribution in [3.8, 4) is 0 Å². The summed E-state index contributed by atoms with van der Waals surface area (Å²) in [6.07, 6.45) is 0. The second-order valence-corrected chi connectivity index (χ2v) is 4.36. The van der Waals surface area contributed by atoms with E-state index in [0.29, 0.717) is 5.01 Å². The molecule has 0 spiro atoms. The van der Waals surface area contributed by atoms with Crippen molar-refractivity contribution >= 4 is 22.4 Å². The average molecular weight is 255 g/mol. The van der Waals surface area contributed by atoms with Gasteiger partial charge in [0.25, 0.3) is 5.91 Å². The van der Waals surface area contributed by atoms with Crippen LogP contribution in [0.5, 0.6) is 0 Å². The molecule has 1 amide bonds. The van der Waals surface area contributed by atoms with Crippen molar-refractivity contribution in [3.63, 3.8) is 0 Å². The molecule has 0 saturated carbocycles. The van der Waals surface area contributed by atoms with Crippen LogP contribution in [0.2, 0.25) is 0 Å². The van der Waals surface area contributed by atoms with E-state index in [-0.39, 0.29) is 10.7 Å². The van der Waals surface area contributed by atoms with Crippen molar-refractivity contribution in [1.29, 1.82) is 0 Å². The largest absolute Gasteiger partial charge is 0.296 e. The smallest absolute Gasteiger partial charge is 0.260 e. The molecule has 0 aliphatic heterocycles. The topological polar surface area (TPSA) is 54.9 Å². The molecule has 88 valence electrons. The van der Waals surface area contributed by atoms with E-state index in [9.17, 15) is 13.6 Å². The minimum absolute atomic E-state index is 0.246. The molecule has 0 aliphatic carbocycles. The normalized spacial score (nSPS) is 10.3. The van der Waals surface area contributed by atoms with Crippen molar-refractivity contribution in [2.45, 2.75) is 6.92 Å². The van der Waals surface area contributed by atoms with Crippen LogP contribution in [0.1, 0.15) is 15.4 Å². The zero-order valence-corrected chi connectivity index (χ0v) is 9.52. The zero-order valence-electron chi connectivity index (χ0n) is 8.70. The van der Waals surface area contributed by atoms with Gasteiger partial charge in [-0.15, -0.1) is 10.2 Å². The van der Waals surface area contributed by atoms with Gasteiger partial charge in [-0.25, -0.2) is 8.78 Å². The third kappa shape index (κ3) is 2.44. The van der Waals surface area contributed by atoms with Gasteiger partial charge in [0.05, 0.1) is 5.56 Å². The number of aryl methyl sites for hydroxylation is 1. The molecule has 0 atom stereocenters. The monoisotopic (exact) mass is 255 g/mol. The molecule has 2 rings (SSSR count). The Morgan fingerprint density at radius 1 is 1.35 bits per heavy atom. The van der Waals surface area contributed by atoms with E-state index < -0.39 is 17.5 Å². The molecule has 0 fully saturated rings. The fraction of sp³-hybridized carbons (Fsp3) is 0.100. The third-order valence-corrected chi connectivity index (χ3v) is 2.70. The van der Waals surface area contributed by atoms with Gasteiger partial charge in [0.15, 0.2) is 11.6 Å². The predicted molar refractivity (Wildman–Crippen MR) is 59.0 cm³/mol. The Kier molecular flexibility index (Phi) is 3.10. The lowest BCUT2D eigenvalue weighted by atomic mass is 10.2. The molecule has 0 unspecified atom stereocenters. The number of halogens is 2. The summed E-state index contributed by atoms with van der Waals surface area (Å²) in [5.74, 6) is -2.99. The van der Waals surface area contributed by atoms with E-state index >= 15 is 0 Å². The molecule has 1 N–H and O–H groups in total. The van der Waals surface area contributed by atoms with Gasteiger partial charge in [-0.3, -0.25) is 10.1 Å². The number of benzene rings is 1. The number of amides is 1. The highest BCUT2D eigenvalue weighted by atomic mass is 32.1. The highest BCUT2D eigenvalue weighted by molar-refractivity contribution is 7.15. The molecule has 0 saturated heterocycles. The van der Waals surface area contributed by atoms with Crippen molar-refractivity contribution in [2.24, 2.45) is 0 Å². The van der Waals surface area contributed by atoms with Gasteiger partial charge < -0.3 is 0 Å². The maximum Gasteiger partial charge on any atom is 0.260 e. The first-order valence-corrected chi connectivity index (χ1v) is 5.45. The van der Waals surface area contributed by atoms with Crippen LogP contribution in [0.4, 0.5) is 13.9 Å². The lowest BCUT2D eigenvalue weighted by Gasteiger charge is -2.02. The van der Waals surface area contributed by atoms with Crippen LogP contribution < -0.4 is 5.32 Å². The Hall–Kier alpha value is -1.89. The summed E-state index contributed by atoms with van der Waals surface area (Å²) in [6, 6.07) is 3.40. The fourth-order valence-electron chi connectivity index (χ4n) is 1.19. The highest BCUT2D eigenvalue weighted by Crippen LogP contribution is 2.17. The lowest BCUT2D eigenvalue weighted by Crippen LogP contribution is -2.14. The molecule has 0 bridgehead atoms. The number of hydrogen-bond donors (Lipinski definition) is 1. The molecule has 0 radical (unpaired) electrons. The molecule has 4 nitrogen and oxygen atoms in total. The minimum Gasteiger partial charge on any atom is -0.296 e. The maximum atomic E-state index is 13.3. The summed E-state index contributed by atoms with van der Waals surface area (Å²) < 4.78 is 26.2. The summed E-state index contributed by atoms with van der Waals surface area (Å²) in [7, 11) is 0. The van der Waals surface area contributed by atoms with Crippen LogP contribution in [-0.2, 0) is 0 Å². The molecule has 2 aromatic rings. The summed E-state index contributed by atoms with van der Waals surface area (Å²) in [5, 5.41) is 10.6. The Labute approximate surface area is 99.3 Å². The molecule has 0 aliphatic rings. The second-order valence-electron chi connectivity index (χ2n) is 3.18. The SMILES string of the molecule is Cc1nnc(NC(=O)c2cccc(F)c2F)s1. The Bertz CT molecular complexity index is 570. The fourth-order valence-corrected chi connectivity index (χ4v) is 1.78. The standard InChI is InChI=1S/C10H7F2N3OS/c1-5-14-15-10(17-5)13-9(16)6-3-2-4-7(11)8(6)12/h2-4H,1H3,(H,13,15,16). The van der Waals surface area contributed by atoms with Crippen LogP contribution in [0.25, 0.3) is 0 Å². The molecule has 17 heavy (non-hydrogen) atoms. The number of rotatable bonds is 2. The Morgan fingerprint density at radius 2 is 2.12 bits per heavy atom. The van der Waals surface area contributed by atoms with E-state index in [2.05, 4.69) is 15.5 Å². The van der Waals surface area contributed by atoms with Gasteiger partial charge in [-0.2, -0.15) is 0 Å². The van der Waals surface area contributed by atoms with Crippen molar-refractivity contribution < 1.29 is 13.6 Å². The van der Waals surface area contributed by atoms with E-state index in [0.717, 1.165) is 17.4 Å². The first kappa shape index (κ1) is 11.6. The molecule has 1 aromatic heterocycles. The highest BCUT2D eigenvalue weighted by Gasteiger charge is 2.16. The van der Waals surface area contributed by atoms with E-state index in [1.54, 1.807) is 6.92 Å². The van der Waals surface area contributed by atoms with Crippen LogP contribution in [0.3, 0.4) is 0 Å². The second kappa shape index (κ2) is 4.54. The third-order valence-electron chi connectivity index (χ3n) is 1.94. The summed E-state index contributed by atoms with van der Waals surface area (Å²) >= 11 is 1.15. The number of carbonyl (C=O) groups is 1. The summed E-state index contributed by atoms with van der Waals surface area (Å²) in [6.45, 7) is 1.72. The number of hydrogen-bond acceptors (Lipinski definition) is 4. The van der Waals surface area contributed by atoms with Gasteiger partial charge in [-0.1, -0.05) is 17.4 Å². The average Bonchev–Trinajstić information content (AvgIpc) is 2.68. The molecular weight excluding hydrogens is 248 g/mol. The summed E-state index contributed by atoms with van der Waals surface area (Å²) in [4.78, 5) is 11.6. The Morgan fingerprint density at radius 3 is 2.76 bits per heavy atom. The maximum absolute atomic E-state index is 13.3. The first-order valence-electron chi connectivity index (χ1n) is 4.63. The minimum atomic E-state index is -1.17. The molecular formula is C10H7F2N3OS. The van der Waals surface area contributed by atoms with Crippen LogP contribution >= 0.6 is 11.3 Å². The van der Waals surface area contributed by atoms with E-state index in [1.165, 1.54) is 12.1 Å². The van der Waals surface area contributed by atoms with Crippen molar-refractivity contribution in [2.75, 3.05) is 5.32 Å². The molecule has 1 heterocycles. The number of nitrogens with one attached hydrogen (secondary N) is 1. The van der Waals surface area contributed by atoms with E-state index in [4.69, 9.17) is 0 Å². The predicted octanol–water partition coefficient (Wildman–Crippen LogP) is 2.38. The van der Waals surface area contributed by atoms with Crippen LogP contribution in [0.15, 0.2) is 18.2 Å². The number of nitrogens with zero attached hydrogens (tertiary/aromatic N) is 2. The number of aromatic nitrogens is 2. The van der Waals surface area contributed by atoms with E-state index in [1.807, 2.05) is 0 Å². The van der Waals surface area contributed by atoms with Crippen LogP contribution in [-0.4, -0.2) is 16.1 Å². The summed E-state index contributed by atoms with van der Waals surface area (Å²) in [5.41, 5.74) is -0.363.